The van der Waals surface area contributed by atoms with Crippen LogP contribution in [-0.4, -0.2) is 43.0 Å². The highest BCUT2D eigenvalue weighted by Crippen LogP contribution is 2.21. The van der Waals surface area contributed by atoms with E-state index in [0.717, 1.165) is 25.8 Å². The van der Waals surface area contributed by atoms with Crippen molar-refractivity contribution in [1.29, 1.82) is 0 Å². The molecule has 1 unspecified atom stereocenters. The van der Waals surface area contributed by atoms with Gasteiger partial charge in [0, 0.05) is 29.4 Å². The van der Waals surface area contributed by atoms with E-state index in [-0.39, 0.29) is 11.5 Å². The minimum absolute atomic E-state index is 0.133. The highest BCUT2D eigenvalue weighted by atomic mass is 32.1. The van der Waals surface area contributed by atoms with Gasteiger partial charge >= 0.3 is 0 Å². The Bertz CT molecular complexity index is 1070. The largest absolute Gasteiger partial charge is 0.350 e. The average molecular weight is 429 g/mol. The molecule has 1 aliphatic rings. The minimum atomic E-state index is -0.187. The molecule has 9 heteroatoms. The van der Waals surface area contributed by atoms with Crippen LogP contribution >= 0.6 is 11.3 Å². The minimum Gasteiger partial charge on any atom is -0.350 e. The number of anilines is 1. The summed E-state index contributed by atoms with van der Waals surface area (Å²) < 4.78 is 1.36. The fraction of sp³-hybridized carbons (Fsp3) is 0.524. The number of hydrogen-bond donors (Lipinski definition) is 2. The van der Waals surface area contributed by atoms with Crippen LogP contribution in [0.15, 0.2) is 22.3 Å². The maximum Gasteiger partial charge on any atom is 0.277 e. The quantitative estimate of drug-likeness (QED) is 0.603. The molecule has 1 fully saturated rings. The van der Waals surface area contributed by atoms with Gasteiger partial charge in [0.1, 0.15) is 0 Å². The Morgan fingerprint density at radius 3 is 3.00 bits per heavy atom. The zero-order chi connectivity index (χ0) is 21.1. The summed E-state index contributed by atoms with van der Waals surface area (Å²) >= 11 is 1.66. The standard InChI is InChI=1S/C21H28N6O2S/c1-3-15-7-4-5-11-26(15)18(28)10-9-17-14(2)23-21-24-20(25-27(21)19(17)29)22-13-16-8-6-12-30-16/h6,8,12,15H,3-5,7,9-11,13H2,1-2H3,(H2,22,23,24,25). The Morgan fingerprint density at radius 1 is 1.37 bits per heavy atom. The number of amides is 1. The molecule has 2 N–H and O–H groups in total. The Balaban J connectivity index is 1.48. The number of piperidine rings is 1. The van der Waals surface area contributed by atoms with Gasteiger partial charge in [0.05, 0.1) is 12.2 Å². The first-order valence-electron chi connectivity index (χ1n) is 10.6. The van der Waals surface area contributed by atoms with Crippen LogP contribution in [0, 0.1) is 6.92 Å². The van der Waals surface area contributed by atoms with Crippen LogP contribution in [0.5, 0.6) is 0 Å². The highest BCUT2D eigenvalue weighted by molar-refractivity contribution is 7.09. The lowest BCUT2D eigenvalue weighted by atomic mass is 9.99. The van der Waals surface area contributed by atoms with E-state index in [1.165, 1.54) is 15.8 Å². The molecule has 1 aliphatic heterocycles. The summed E-state index contributed by atoms with van der Waals surface area (Å²) in [5.41, 5.74) is 1.02. The molecule has 3 aromatic heterocycles. The van der Waals surface area contributed by atoms with E-state index < -0.39 is 0 Å². The lowest BCUT2D eigenvalue weighted by Crippen LogP contribution is -2.43. The maximum atomic E-state index is 13.0. The number of carbonyl (C=O) groups excluding carboxylic acids is 1. The fourth-order valence-corrected chi connectivity index (χ4v) is 4.78. The van der Waals surface area contributed by atoms with Crippen molar-refractivity contribution in [2.75, 3.05) is 11.9 Å². The number of H-pyrrole nitrogens is 1. The third kappa shape index (κ3) is 4.26. The van der Waals surface area contributed by atoms with Crippen molar-refractivity contribution in [2.24, 2.45) is 0 Å². The second-order valence-electron chi connectivity index (χ2n) is 7.77. The molecule has 4 heterocycles. The van der Waals surface area contributed by atoms with Crippen molar-refractivity contribution in [2.45, 2.75) is 65.0 Å². The summed E-state index contributed by atoms with van der Waals surface area (Å²) in [4.78, 5) is 37.8. The Hall–Kier alpha value is -2.68. The lowest BCUT2D eigenvalue weighted by molar-refractivity contribution is -0.134. The van der Waals surface area contributed by atoms with Crippen molar-refractivity contribution in [3.63, 3.8) is 0 Å². The van der Waals surface area contributed by atoms with Gasteiger partial charge in [0.25, 0.3) is 11.3 Å². The molecule has 4 rings (SSSR count). The van der Waals surface area contributed by atoms with Crippen LogP contribution in [0.25, 0.3) is 5.78 Å². The Labute approximate surface area is 179 Å². The molecule has 1 saturated heterocycles. The molecule has 3 aromatic rings. The van der Waals surface area contributed by atoms with Crippen LogP contribution in [0.2, 0.25) is 0 Å². The Kier molecular flexibility index (Phi) is 6.17. The predicted molar refractivity (Wildman–Crippen MR) is 118 cm³/mol. The fourth-order valence-electron chi connectivity index (χ4n) is 4.13. The smallest absolute Gasteiger partial charge is 0.277 e. The molecule has 1 atom stereocenters. The van der Waals surface area contributed by atoms with Gasteiger partial charge in [-0.1, -0.05) is 13.0 Å². The van der Waals surface area contributed by atoms with E-state index >= 15 is 0 Å². The van der Waals surface area contributed by atoms with Gasteiger partial charge < -0.3 is 10.2 Å². The number of nitrogens with zero attached hydrogens (tertiary/aromatic N) is 4. The summed E-state index contributed by atoms with van der Waals surface area (Å²) in [6.45, 7) is 5.39. The van der Waals surface area contributed by atoms with Crippen LogP contribution < -0.4 is 10.9 Å². The average Bonchev–Trinajstić information content (AvgIpc) is 3.41. The molecule has 0 spiro atoms. The molecule has 30 heavy (non-hydrogen) atoms. The topological polar surface area (TPSA) is 95.4 Å². The van der Waals surface area contributed by atoms with Gasteiger partial charge in [0.15, 0.2) is 0 Å². The number of aromatic amines is 1. The molecule has 0 radical (unpaired) electrons. The molecular weight excluding hydrogens is 400 g/mol. The molecule has 0 bridgehead atoms. The number of aryl methyl sites for hydroxylation is 1. The summed E-state index contributed by atoms with van der Waals surface area (Å²) in [7, 11) is 0. The van der Waals surface area contributed by atoms with Crippen molar-refractivity contribution < 1.29 is 4.79 Å². The normalized spacial score (nSPS) is 16.9. The number of hydrogen-bond acceptors (Lipinski definition) is 6. The second kappa shape index (κ2) is 8.99. The lowest BCUT2D eigenvalue weighted by Gasteiger charge is -2.35. The van der Waals surface area contributed by atoms with Gasteiger partial charge in [-0.3, -0.25) is 14.7 Å². The number of aromatic nitrogens is 4. The Morgan fingerprint density at radius 2 is 2.23 bits per heavy atom. The predicted octanol–water partition coefficient (Wildman–Crippen LogP) is 3.12. The number of carbonyl (C=O) groups is 1. The molecule has 160 valence electrons. The van der Waals surface area contributed by atoms with Crippen LogP contribution in [0.1, 0.15) is 55.2 Å². The van der Waals surface area contributed by atoms with Crippen LogP contribution in [0.4, 0.5) is 5.95 Å². The molecule has 1 amide bonds. The van der Waals surface area contributed by atoms with Gasteiger partial charge in [-0.2, -0.15) is 9.50 Å². The summed E-state index contributed by atoms with van der Waals surface area (Å²) in [5, 5.41) is 8.20. The van der Waals surface area contributed by atoms with Gasteiger partial charge in [-0.05, 0) is 50.5 Å². The number of likely N-dealkylation sites (tertiary alicyclic amines) is 1. The summed E-state index contributed by atoms with van der Waals surface area (Å²) in [5.74, 6) is 0.969. The van der Waals surface area contributed by atoms with Crippen LogP contribution in [0.3, 0.4) is 0 Å². The van der Waals surface area contributed by atoms with E-state index in [2.05, 4.69) is 27.3 Å². The zero-order valence-electron chi connectivity index (χ0n) is 17.5. The third-order valence-electron chi connectivity index (χ3n) is 5.81. The molecule has 0 aromatic carbocycles. The monoisotopic (exact) mass is 428 g/mol. The zero-order valence-corrected chi connectivity index (χ0v) is 18.3. The second-order valence-corrected chi connectivity index (χ2v) is 8.80. The van der Waals surface area contributed by atoms with Gasteiger partial charge in [-0.15, -0.1) is 11.3 Å². The first kappa shape index (κ1) is 20.6. The van der Waals surface area contributed by atoms with Crippen molar-refractivity contribution >= 4 is 29.0 Å². The first-order chi connectivity index (χ1) is 14.6. The van der Waals surface area contributed by atoms with Crippen molar-refractivity contribution in [3.8, 4) is 0 Å². The number of rotatable bonds is 7. The molecule has 0 aliphatic carbocycles. The summed E-state index contributed by atoms with van der Waals surface area (Å²) in [6.07, 6.45) is 5.03. The summed E-state index contributed by atoms with van der Waals surface area (Å²) in [6, 6.07) is 4.37. The maximum absolute atomic E-state index is 13.0. The van der Waals surface area contributed by atoms with E-state index in [0.29, 0.717) is 48.4 Å². The first-order valence-corrected chi connectivity index (χ1v) is 11.5. The van der Waals surface area contributed by atoms with E-state index in [9.17, 15) is 9.59 Å². The number of thiophene rings is 1. The van der Waals surface area contributed by atoms with E-state index in [1.54, 1.807) is 11.3 Å². The molecular formula is C21H28N6O2S. The van der Waals surface area contributed by atoms with Crippen molar-refractivity contribution in [3.05, 3.63) is 44.0 Å². The SMILES string of the molecule is CCC1CCCCN1C(=O)CCc1c(C)nc2nc(NCc3cccs3)[nH]n2c1=O. The molecule has 8 nitrogen and oxygen atoms in total. The highest BCUT2D eigenvalue weighted by Gasteiger charge is 2.25. The van der Waals surface area contributed by atoms with Crippen molar-refractivity contribution in [1.82, 2.24) is 24.5 Å². The van der Waals surface area contributed by atoms with E-state index in [1.807, 2.05) is 29.3 Å². The van der Waals surface area contributed by atoms with Gasteiger partial charge in [-0.25, -0.2) is 4.98 Å². The number of fused-ring (bicyclic) bond motifs is 1. The van der Waals surface area contributed by atoms with Crippen LogP contribution in [-0.2, 0) is 17.8 Å². The van der Waals surface area contributed by atoms with E-state index in [4.69, 9.17) is 0 Å². The number of nitrogens with one attached hydrogen (secondary N) is 2. The molecule has 0 saturated carbocycles. The van der Waals surface area contributed by atoms with Gasteiger partial charge in [0.2, 0.25) is 11.9 Å². The third-order valence-corrected chi connectivity index (χ3v) is 6.69.